The highest BCUT2D eigenvalue weighted by molar-refractivity contribution is 6.30. The molecule has 0 heterocycles. The Balaban J connectivity index is 2.82. The highest BCUT2D eigenvalue weighted by atomic mass is 35.5. The van der Waals surface area contributed by atoms with E-state index in [-0.39, 0.29) is 6.04 Å². The molecule has 0 amide bonds. The van der Waals surface area contributed by atoms with Crippen molar-refractivity contribution < 1.29 is 0 Å². The van der Waals surface area contributed by atoms with Crippen LogP contribution in [-0.4, -0.2) is 18.5 Å². The molecular weight excluding hydrogens is 220 g/mol. The van der Waals surface area contributed by atoms with E-state index in [0.29, 0.717) is 10.9 Å². The molecule has 0 aliphatic carbocycles. The van der Waals surface area contributed by atoms with Crippen molar-refractivity contribution in [2.24, 2.45) is 5.92 Å². The molecule has 2 nitrogen and oxygen atoms in total. The molecule has 0 spiro atoms. The van der Waals surface area contributed by atoms with Crippen LogP contribution in [0.2, 0.25) is 5.02 Å². The second-order valence-corrected chi connectivity index (χ2v) is 4.85. The van der Waals surface area contributed by atoms with E-state index in [9.17, 15) is 5.26 Å². The summed E-state index contributed by atoms with van der Waals surface area (Å²) in [7, 11) is 1.97. The van der Waals surface area contributed by atoms with Crippen molar-refractivity contribution in [2.45, 2.75) is 19.9 Å². The van der Waals surface area contributed by atoms with Crippen molar-refractivity contribution in [1.29, 1.82) is 5.26 Å². The molecule has 0 N–H and O–H groups in total. The predicted octanol–water partition coefficient (Wildman–Crippen LogP) is 3.49. The highest BCUT2D eigenvalue weighted by Crippen LogP contribution is 2.21. The maximum absolute atomic E-state index is 9.21. The summed E-state index contributed by atoms with van der Waals surface area (Å²) in [4.78, 5) is 2.06. The van der Waals surface area contributed by atoms with E-state index in [1.807, 2.05) is 31.3 Å². The summed E-state index contributed by atoms with van der Waals surface area (Å²) >= 11 is 5.83. The van der Waals surface area contributed by atoms with Gasteiger partial charge in [0.05, 0.1) is 6.07 Å². The lowest BCUT2D eigenvalue weighted by molar-refractivity contribution is 0.259. The molecule has 1 aromatic rings. The number of hydrogen-bond acceptors (Lipinski definition) is 2. The standard InChI is InChI=1S/C13H17ClN2/c1-10(2)9-16(3)13(8-15)11-4-6-12(14)7-5-11/h4-7,10,13H,9H2,1-3H3. The van der Waals surface area contributed by atoms with Crippen LogP contribution < -0.4 is 0 Å². The molecule has 86 valence electrons. The van der Waals surface area contributed by atoms with Crippen LogP contribution in [0, 0.1) is 17.2 Å². The van der Waals surface area contributed by atoms with E-state index in [0.717, 1.165) is 12.1 Å². The molecule has 0 saturated heterocycles. The maximum Gasteiger partial charge on any atom is 0.123 e. The lowest BCUT2D eigenvalue weighted by Gasteiger charge is -2.24. The number of nitriles is 1. The zero-order valence-corrected chi connectivity index (χ0v) is 10.7. The third-order valence-electron chi connectivity index (χ3n) is 2.40. The topological polar surface area (TPSA) is 27.0 Å². The monoisotopic (exact) mass is 236 g/mol. The van der Waals surface area contributed by atoms with Gasteiger partial charge in [-0.05, 0) is 30.7 Å². The van der Waals surface area contributed by atoms with E-state index >= 15 is 0 Å². The van der Waals surface area contributed by atoms with Gasteiger partial charge in [0.2, 0.25) is 0 Å². The van der Waals surface area contributed by atoms with E-state index < -0.39 is 0 Å². The van der Waals surface area contributed by atoms with Gasteiger partial charge in [-0.3, -0.25) is 4.90 Å². The first kappa shape index (κ1) is 13.0. The molecule has 0 aliphatic heterocycles. The van der Waals surface area contributed by atoms with Crippen LogP contribution >= 0.6 is 11.6 Å². The Kier molecular flexibility index (Phi) is 4.79. The third kappa shape index (κ3) is 3.52. The Morgan fingerprint density at radius 2 is 1.88 bits per heavy atom. The van der Waals surface area contributed by atoms with E-state index in [2.05, 4.69) is 24.8 Å². The molecule has 1 atom stereocenters. The van der Waals surface area contributed by atoms with Crippen molar-refractivity contribution in [2.75, 3.05) is 13.6 Å². The Hall–Kier alpha value is -1.04. The first-order chi connectivity index (χ1) is 7.54. The largest absolute Gasteiger partial charge is 0.287 e. The second kappa shape index (κ2) is 5.89. The Morgan fingerprint density at radius 3 is 2.31 bits per heavy atom. The molecule has 1 aromatic carbocycles. The number of halogens is 1. The molecule has 1 unspecified atom stereocenters. The van der Waals surface area contributed by atoms with Crippen molar-refractivity contribution >= 4 is 11.6 Å². The van der Waals surface area contributed by atoms with E-state index in [4.69, 9.17) is 11.6 Å². The first-order valence-corrected chi connectivity index (χ1v) is 5.77. The van der Waals surface area contributed by atoms with Crippen molar-refractivity contribution in [1.82, 2.24) is 4.90 Å². The fraction of sp³-hybridized carbons (Fsp3) is 0.462. The molecule has 0 aliphatic rings. The van der Waals surface area contributed by atoms with Gasteiger partial charge in [0, 0.05) is 11.6 Å². The van der Waals surface area contributed by atoms with Gasteiger partial charge in [-0.1, -0.05) is 37.6 Å². The van der Waals surface area contributed by atoms with Gasteiger partial charge in [-0.2, -0.15) is 5.26 Å². The minimum absolute atomic E-state index is 0.195. The molecule has 16 heavy (non-hydrogen) atoms. The maximum atomic E-state index is 9.21. The van der Waals surface area contributed by atoms with E-state index in [1.54, 1.807) is 0 Å². The van der Waals surface area contributed by atoms with Gasteiger partial charge >= 0.3 is 0 Å². The van der Waals surface area contributed by atoms with Crippen LogP contribution in [0.3, 0.4) is 0 Å². The Morgan fingerprint density at radius 1 is 1.31 bits per heavy atom. The average molecular weight is 237 g/mol. The fourth-order valence-electron chi connectivity index (χ4n) is 1.75. The number of nitrogens with zero attached hydrogens (tertiary/aromatic N) is 2. The van der Waals surface area contributed by atoms with Crippen LogP contribution in [0.15, 0.2) is 24.3 Å². The summed E-state index contributed by atoms with van der Waals surface area (Å²) in [5.74, 6) is 0.549. The van der Waals surface area contributed by atoms with Crippen molar-refractivity contribution in [3.05, 3.63) is 34.9 Å². The number of rotatable bonds is 4. The quantitative estimate of drug-likeness (QED) is 0.800. The lowest BCUT2D eigenvalue weighted by atomic mass is 10.1. The molecule has 0 bridgehead atoms. The highest BCUT2D eigenvalue weighted by Gasteiger charge is 2.16. The zero-order chi connectivity index (χ0) is 12.1. The second-order valence-electron chi connectivity index (χ2n) is 4.42. The molecule has 1 rings (SSSR count). The molecular formula is C13H17ClN2. The SMILES string of the molecule is CC(C)CN(C)C(C#N)c1ccc(Cl)cc1. The predicted molar refractivity (Wildman–Crippen MR) is 67.3 cm³/mol. The third-order valence-corrected chi connectivity index (χ3v) is 2.65. The molecule has 0 saturated carbocycles. The normalized spacial score (nSPS) is 12.8. The van der Waals surface area contributed by atoms with Gasteiger partial charge in [-0.25, -0.2) is 0 Å². The van der Waals surface area contributed by atoms with Gasteiger partial charge < -0.3 is 0 Å². The van der Waals surface area contributed by atoms with Gasteiger partial charge in [-0.15, -0.1) is 0 Å². The van der Waals surface area contributed by atoms with Crippen LogP contribution in [0.25, 0.3) is 0 Å². The zero-order valence-electron chi connectivity index (χ0n) is 9.94. The first-order valence-electron chi connectivity index (χ1n) is 5.40. The Labute approximate surface area is 102 Å². The average Bonchev–Trinajstić information content (AvgIpc) is 2.21. The molecule has 0 aromatic heterocycles. The smallest absolute Gasteiger partial charge is 0.123 e. The Bertz CT molecular complexity index is 365. The minimum atomic E-state index is -0.195. The molecule has 0 fully saturated rings. The summed E-state index contributed by atoms with van der Waals surface area (Å²) in [5.41, 5.74) is 0.995. The summed E-state index contributed by atoms with van der Waals surface area (Å²) in [6.07, 6.45) is 0. The fourth-order valence-corrected chi connectivity index (χ4v) is 1.88. The van der Waals surface area contributed by atoms with Crippen molar-refractivity contribution in [3.63, 3.8) is 0 Å². The van der Waals surface area contributed by atoms with Gasteiger partial charge in [0.15, 0.2) is 0 Å². The van der Waals surface area contributed by atoms with Gasteiger partial charge in [0.25, 0.3) is 0 Å². The summed E-state index contributed by atoms with van der Waals surface area (Å²) in [5, 5.41) is 9.91. The van der Waals surface area contributed by atoms with Crippen LogP contribution in [0.4, 0.5) is 0 Å². The van der Waals surface area contributed by atoms with Crippen LogP contribution in [0.5, 0.6) is 0 Å². The summed E-state index contributed by atoms with van der Waals surface area (Å²) in [6, 6.07) is 9.60. The minimum Gasteiger partial charge on any atom is -0.287 e. The lowest BCUT2D eigenvalue weighted by Crippen LogP contribution is -2.27. The van der Waals surface area contributed by atoms with E-state index in [1.165, 1.54) is 0 Å². The van der Waals surface area contributed by atoms with Gasteiger partial charge in [0.1, 0.15) is 6.04 Å². The summed E-state index contributed by atoms with van der Waals surface area (Å²) < 4.78 is 0. The van der Waals surface area contributed by atoms with Crippen molar-refractivity contribution in [3.8, 4) is 6.07 Å². The number of hydrogen-bond donors (Lipinski definition) is 0. The summed E-state index contributed by atoms with van der Waals surface area (Å²) in [6.45, 7) is 5.19. The van der Waals surface area contributed by atoms with Crippen LogP contribution in [-0.2, 0) is 0 Å². The van der Waals surface area contributed by atoms with Crippen LogP contribution in [0.1, 0.15) is 25.5 Å². The molecule has 0 radical (unpaired) electrons. The number of benzene rings is 1. The molecule has 3 heteroatoms.